The minimum absolute atomic E-state index is 0.0341. The van der Waals surface area contributed by atoms with E-state index in [-0.39, 0.29) is 43.5 Å². The zero-order valence-corrected chi connectivity index (χ0v) is 19.9. The number of amides is 2. The van der Waals surface area contributed by atoms with Gasteiger partial charge in [0, 0.05) is 31.1 Å². The number of hydrogen-bond donors (Lipinski definition) is 2. The van der Waals surface area contributed by atoms with Crippen molar-refractivity contribution in [1.29, 1.82) is 0 Å². The van der Waals surface area contributed by atoms with Gasteiger partial charge in [0.05, 0.1) is 29.3 Å². The van der Waals surface area contributed by atoms with Crippen LogP contribution in [0, 0.1) is 17.2 Å². The number of carboxylic acid groups (broad SMARTS) is 1. The summed E-state index contributed by atoms with van der Waals surface area (Å²) in [6.07, 6.45) is 1.17. The highest BCUT2D eigenvalue weighted by Crippen LogP contribution is 2.19. The van der Waals surface area contributed by atoms with Crippen molar-refractivity contribution in [2.24, 2.45) is 11.3 Å². The van der Waals surface area contributed by atoms with Crippen molar-refractivity contribution in [3.8, 4) is 0 Å². The van der Waals surface area contributed by atoms with Crippen LogP contribution in [0.25, 0.3) is 0 Å². The maximum Gasteiger partial charge on any atom is 0.409 e. The fourth-order valence-corrected chi connectivity index (χ4v) is 3.44. The fourth-order valence-electron chi connectivity index (χ4n) is 2.67. The molecule has 0 spiro atoms. The predicted molar refractivity (Wildman–Crippen MR) is 120 cm³/mol. The van der Waals surface area contributed by atoms with Gasteiger partial charge in [-0.25, -0.2) is 14.2 Å². The van der Waals surface area contributed by atoms with E-state index in [4.69, 9.17) is 4.74 Å². The molecule has 2 rings (SSSR count). The Bertz CT molecular complexity index is 979. The smallest absolute Gasteiger partial charge is 0.409 e. The van der Waals surface area contributed by atoms with Gasteiger partial charge in [-0.2, -0.15) is 0 Å². The second-order valence-electron chi connectivity index (χ2n) is 8.57. The topological polar surface area (TPSA) is 122 Å². The lowest BCUT2D eigenvalue weighted by Crippen LogP contribution is -2.43. The quantitative estimate of drug-likeness (QED) is 0.506. The van der Waals surface area contributed by atoms with E-state index in [2.05, 4.69) is 15.3 Å². The first-order valence-corrected chi connectivity index (χ1v) is 11.3. The number of nitrogens with one attached hydrogen (secondary N) is 1. The number of carbonyl (C=O) groups excluding carboxylic acids is 2. The number of rotatable bonds is 11. The van der Waals surface area contributed by atoms with E-state index >= 15 is 0 Å². The third-order valence-corrected chi connectivity index (χ3v) is 5.50. The van der Waals surface area contributed by atoms with Crippen molar-refractivity contribution in [3.05, 3.63) is 45.9 Å². The van der Waals surface area contributed by atoms with Crippen molar-refractivity contribution < 1.29 is 28.6 Å². The van der Waals surface area contributed by atoms with Gasteiger partial charge in [-0.05, 0) is 31.9 Å². The zero-order valence-electron chi connectivity index (χ0n) is 19.1. The molecule has 2 N–H and O–H groups in total. The van der Waals surface area contributed by atoms with Gasteiger partial charge < -0.3 is 20.1 Å². The van der Waals surface area contributed by atoms with Crippen LogP contribution in [0.2, 0.25) is 0 Å². The summed E-state index contributed by atoms with van der Waals surface area (Å²) in [5.41, 5.74) is -0.866. The Hall–Kier alpha value is -3.08. The maximum atomic E-state index is 13.6. The summed E-state index contributed by atoms with van der Waals surface area (Å²) in [5.74, 6) is -1.86. The molecule has 2 heterocycles. The van der Waals surface area contributed by atoms with Crippen molar-refractivity contribution in [1.82, 2.24) is 20.2 Å². The van der Waals surface area contributed by atoms with Crippen LogP contribution in [-0.4, -0.2) is 57.6 Å². The largest absolute Gasteiger partial charge is 0.481 e. The highest BCUT2D eigenvalue weighted by Gasteiger charge is 2.32. The Labute approximate surface area is 196 Å². The van der Waals surface area contributed by atoms with E-state index in [1.54, 1.807) is 5.38 Å². The van der Waals surface area contributed by atoms with Crippen LogP contribution < -0.4 is 5.32 Å². The van der Waals surface area contributed by atoms with Gasteiger partial charge in [-0.15, -0.1) is 11.3 Å². The molecule has 0 fully saturated rings. The summed E-state index contributed by atoms with van der Waals surface area (Å²) in [5, 5.41) is 14.2. The van der Waals surface area contributed by atoms with Crippen molar-refractivity contribution in [2.75, 3.05) is 19.7 Å². The molecule has 0 radical (unpaired) electrons. The van der Waals surface area contributed by atoms with Crippen LogP contribution >= 0.6 is 11.3 Å². The molecule has 0 saturated heterocycles. The SMILES string of the molecule is CC(C)COC(=O)N(CCc1nc(C(=O)NCc2ncccc2F)cs1)CC(C)(C)C(=O)O. The van der Waals surface area contributed by atoms with Crippen molar-refractivity contribution in [2.45, 2.75) is 40.7 Å². The number of ether oxygens (including phenoxy) is 1. The molecule has 0 aromatic carbocycles. The van der Waals surface area contributed by atoms with Gasteiger partial charge in [0.25, 0.3) is 5.91 Å². The molecule has 2 amide bonds. The second kappa shape index (κ2) is 11.7. The summed E-state index contributed by atoms with van der Waals surface area (Å²) < 4.78 is 18.9. The normalized spacial score (nSPS) is 11.3. The molecule has 0 aliphatic rings. The van der Waals surface area contributed by atoms with Gasteiger partial charge in [0.15, 0.2) is 0 Å². The Morgan fingerprint density at radius 2 is 2.06 bits per heavy atom. The van der Waals surface area contributed by atoms with Crippen LogP contribution in [-0.2, 0) is 22.5 Å². The molecule has 2 aromatic rings. The maximum absolute atomic E-state index is 13.6. The molecule has 0 atom stereocenters. The predicted octanol–water partition coefficient (Wildman–Crippen LogP) is 3.36. The lowest BCUT2D eigenvalue weighted by Gasteiger charge is -2.29. The molecule has 0 unspecified atom stereocenters. The Morgan fingerprint density at radius 1 is 1.33 bits per heavy atom. The molecule has 33 heavy (non-hydrogen) atoms. The number of pyridine rings is 1. The minimum atomic E-state index is -1.16. The van der Waals surface area contributed by atoms with Gasteiger partial charge >= 0.3 is 12.1 Å². The molecule has 0 aliphatic heterocycles. The van der Waals surface area contributed by atoms with Crippen molar-refractivity contribution >= 4 is 29.3 Å². The summed E-state index contributed by atoms with van der Waals surface area (Å²) in [7, 11) is 0. The standard InChI is InChI=1S/C22H29FN4O5S/c1-14(2)11-32-21(31)27(13-22(3,4)20(29)30)9-7-18-26-17(12-33-18)19(28)25-10-16-15(23)6-5-8-24-16/h5-6,8,12,14H,7,9-11,13H2,1-4H3,(H,25,28)(H,29,30). The van der Waals surface area contributed by atoms with E-state index in [1.165, 1.54) is 48.4 Å². The zero-order chi connectivity index (χ0) is 24.6. The molecule has 0 bridgehead atoms. The van der Waals surface area contributed by atoms with E-state index in [9.17, 15) is 23.9 Å². The Kier molecular flexibility index (Phi) is 9.27. The fraction of sp³-hybridized carbons (Fsp3) is 0.500. The number of aromatic nitrogens is 2. The Balaban J connectivity index is 1.99. The lowest BCUT2D eigenvalue weighted by molar-refractivity contribution is -0.147. The summed E-state index contributed by atoms with van der Waals surface area (Å²) in [6, 6.07) is 2.73. The first-order valence-electron chi connectivity index (χ1n) is 10.5. The molecule has 2 aromatic heterocycles. The number of halogens is 1. The van der Waals surface area contributed by atoms with E-state index in [0.717, 1.165) is 0 Å². The molecule has 0 saturated carbocycles. The monoisotopic (exact) mass is 480 g/mol. The third kappa shape index (κ3) is 8.08. The first-order chi connectivity index (χ1) is 15.5. The minimum Gasteiger partial charge on any atom is -0.481 e. The van der Waals surface area contributed by atoms with E-state index in [0.29, 0.717) is 11.4 Å². The first kappa shape index (κ1) is 26.2. The van der Waals surface area contributed by atoms with Crippen molar-refractivity contribution in [3.63, 3.8) is 0 Å². The van der Waals surface area contributed by atoms with Crippen LogP contribution in [0.15, 0.2) is 23.7 Å². The van der Waals surface area contributed by atoms with Crippen LogP contribution in [0.3, 0.4) is 0 Å². The highest BCUT2D eigenvalue weighted by molar-refractivity contribution is 7.09. The van der Waals surface area contributed by atoms with Crippen LogP contribution in [0.1, 0.15) is 48.9 Å². The number of aliphatic carboxylic acids is 1. The Morgan fingerprint density at radius 3 is 2.70 bits per heavy atom. The highest BCUT2D eigenvalue weighted by atomic mass is 32.1. The van der Waals surface area contributed by atoms with Gasteiger partial charge in [-0.3, -0.25) is 14.6 Å². The average molecular weight is 481 g/mol. The molecular weight excluding hydrogens is 451 g/mol. The number of carboxylic acids is 1. The number of thiazole rings is 1. The molecule has 9 nitrogen and oxygen atoms in total. The van der Waals surface area contributed by atoms with E-state index in [1.807, 2.05) is 13.8 Å². The van der Waals surface area contributed by atoms with Gasteiger partial charge in [0.2, 0.25) is 0 Å². The van der Waals surface area contributed by atoms with Crippen LogP contribution in [0.4, 0.5) is 9.18 Å². The summed E-state index contributed by atoms with van der Waals surface area (Å²) in [6.45, 7) is 7.18. The second-order valence-corrected chi connectivity index (χ2v) is 9.52. The number of nitrogens with zero attached hydrogens (tertiary/aromatic N) is 3. The molecule has 0 aliphatic carbocycles. The molecule has 180 valence electrons. The molecular formula is C22H29FN4O5S. The third-order valence-electron chi connectivity index (χ3n) is 4.59. The number of carbonyl (C=O) groups is 3. The summed E-state index contributed by atoms with van der Waals surface area (Å²) in [4.78, 5) is 45.9. The number of hydrogen-bond acceptors (Lipinski definition) is 7. The van der Waals surface area contributed by atoms with E-state index < -0.39 is 29.2 Å². The van der Waals surface area contributed by atoms with Crippen LogP contribution in [0.5, 0.6) is 0 Å². The summed E-state index contributed by atoms with van der Waals surface area (Å²) >= 11 is 1.24. The van der Waals surface area contributed by atoms with Gasteiger partial charge in [0.1, 0.15) is 11.5 Å². The van der Waals surface area contributed by atoms with Gasteiger partial charge in [-0.1, -0.05) is 13.8 Å². The lowest BCUT2D eigenvalue weighted by atomic mass is 9.93. The average Bonchev–Trinajstić information content (AvgIpc) is 3.23. The molecule has 11 heteroatoms.